The van der Waals surface area contributed by atoms with E-state index in [1.54, 1.807) is 32.2 Å². The van der Waals surface area contributed by atoms with Crippen LogP contribution in [0.5, 0.6) is 11.5 Å². The Morgan fingerprint density at radius 2 is 1.75 bits per heavy atom. The van der Waals surface area contributed by atoms with Crippen LogP contribution in [0.15, 0.2) is 72.8 Å². The molecule has 0 bridgehead atoms. The Morgan fingerprint density at radius 3 is 2.36 bits per heavy atom. The summed E-state index contributed by atoms with van der Waals surface area (Å²) in [5.74, 6) is 0.539. The van der Waals surface area contributed by atoms with Gasteiger partial charge in [0.25, 0.3) is 0 Å². The second kappa shape index (κ2) is 10.1. The lowest BCUT2D eigenvalue weighted by atomic mass is 10.1. The van der Waals surface area contributed by atoms with E-state index in [0.717, 1.165) is 17.7 Å². The van der Waals surface area contributed by atoms with Crippen LogP contribution in [0.3, 0.4) is 0 Å². The van der Waals surface area contributed by atoms with Crippen LogP contribution in [0.2, 0.25) is 0 Å². The van der Waals surface area contributed by atoms with E-state index in [1.807, 2.05) is 30.3 Å². The van der Waals surface area contributed by atoms with Crippen molar-refractivity contribution in [2.75, 3.05) is 6.61 Å². The number of carbonyl (C=O) groups is 1. The van der Waals surface area contributed by atoms with E-state index in [-0.39, 0.29) is 5.82 Å². The van der Waals surface area contributed by atoms with Gasteiger partial charge in [0.1, 0.15) is 11.5 Å². The smallest absolute Gasteiger partial charge is 0.416 e. The van der Waals surface area contributed by atoms with Crippen LogP contribution in [0.25, 0.3) is 11.4 Å². The van der Waals surface area contributed by atoms with Crippen LogP contribution in [0, 0.1) is 6.92 Å². The average molecular weight is 497 g/mol. The molecule has 4 aromatic rings. The zero-order valence-corrected chi connectivity index (χ0v) is 19.4. The number of aryl methyl sites for hydroxylation is 2. The number of carboxylic acids is 1. The van der Waals surface area contributed by atoms with E-state index < -0.39 is 30.4 Å². The Bertz CT molecular complexity index is 1350. The maximum Gasteiger partial charge on any atom is 0.416 e. The maximum atomic E-state index is 12.9. The summed E-state index contributed by atoms with van der Waals surface area (Å²) in [6.45, 7) is 1.31. The lowest BCUT2D eigenvalue weighted by Crippen LogP contribution is -2.15. The highest BCUT2D eigenvalue weighted by Gasteiger charge is 2.30. The highest BCUT2D eigenvalue weighted by molar-refractivity contribution is 5.68. The third-order valence-electron chi connectivity index (χ3n) is 5.36. The molecule has 10 heteroatoms. The Balaban J connectivity index is 1.66. The van der Waals surface area contributed by atoms with Gasteiger partial charge < -0.3 is 14.6 Å². The molecule has 0 saturated heterocycles. The van der Waals surface area contributed by atoms with Crippen LogP contribution in [0.4, 0.5) is 13.2 Å². The van der Waals surface area contributed by atoms with E-state index in [9.17, 15) is 18.0 Å². The second-order valence-corrected chi connectivity index (χ2v) is 8.01. The molecule has 0 fully saturated rings. The van der Waals surface area contributed by atoms with Crippen molar-refractivity contribution in [1.82, 2.24) is 14.8 Å². The number of hydrogen-bond acceptors (Lipinski definition) is 5. The molecule has 1 N–H and O–H groups in total. The Hall–Kier alpha value is -4.34. The van der Waals surface area contributed by atoms with E-state index in [1.165, 1.54) is 16.8 Å². The Morgan fingerprint density at radius 1 is 1.06 bits per heavy atom. The van der Waals surface area contributed by atoms with E-state index in [2.05, 4.69) is 10.1 Å². The highest BCUT2D eigenvalue weighted by atomic mass is 19.4. The van der Waals surface area contributed by atoms with Crippen LogP contribution in [0.1, 0.15) is 28.6 Å². The number of aromatic nitrogens is 3. The van der Waals surface area contributed by atoms with Gasteiger partial charge in [0.2, 0.25) is 0 Å². The molecule has 0 aliphatic rings. The average Bonchev–Trinajstić information content (AvgIpc) is 3.23. The summed E-state index contributed by atoms with van der Waals surface area (Å²) < 4.78 is 51.9. The summed E-state index contributed by atoms with van der Waals surface area (Å²) in [6.07, 6.45) is -5.11. The number of carboxylic acid groups (broad SMARTS) is 1. The van der Waals surface area contributed by atoms with Crippen molar-refractivity contribution in [2.24, 2.45) is 7.05 Å². The molecule has 0 radical (unpaired) electrons. The molecule has 0 aliphatic carbocycles. The van der Waals surface area contributed by atoms with Gasteiger partial charge in [-0.15, -0.1) is 0 Å². The fraction of sp³-hybridized carbons (Fsp3) is 0.192. The van der Waals surface area contributed by atoms with Crippen molar-refractivity contribution in [3.8, 4) is 22.9 Å². The number of nitrogens with zero attached hydrogens (tertiary/aromatic N) is 3. The summed E-state index contributed by atoms with van der Waals surface area (Å²) in [5, 5.41) is 13.2. The summed E-state index contributed by atoms with van der Waals surface area (Å²) in [5.41, 5.74) is 1.16. The molecule has 7 nitrogen and oxygen atoms in total. The molecule has 1 unspecified atom stereocenters. The van der Waals surface area contributed by atoms with E-state index >= 15 is 0 Å². The van der Waals surface area contributed by atoms with Crippen molar-refractivity contribution >= 4 is 5.97 Å². The molecule has 0 aliphatic heterocycles. The Labute approximate surface area is 204 Å². The first kappa shape index (κ1) is 24.8. The van der Waals surface area contributed by atoms with Gasteiger partial charge in [-0.25, -0.2) is 14.5 Å². The van der Waals surface area contributed by atoms with Gasteiger partial charge >= 0.3 is 12.1 Å². The minimum absolute atomic E-state index is 0.263. The van der Waals surface area contributed by atoms with Crippen molar-refractivity contribution in [3.05, 3.63) is 95.3 Å². The molecular formula is C26H22F3N3O4. The van der Waals surface area contributed by atoms with Crippen molar-refractivity contribution in [2.45, 2.75) is 19.2 Å². The molecule has 0 spiro atoms. The fourth-order valence-electron chi connectivity index (χ4n) is 3.59. The molecule has 1 atom stereocenters. The van der Waals surface area contributed by atoms with Crippen LogP contribution in [-0.2, 0) is 18.0 Å². The topological polar surface area (TPSA) is 86.5 Å². The highest BCUT2D eigenvalue weighted by Crippen LogP contribution is 2.33. The molecule has 1 heterocycles. The predicted molar refractivity (Wildman–Crippen MR) is 125 cm³/mol. The number of halogens is 3. The Kier molecular flexibility index (Phi) is 6.96. The van der Waals surface area contributed by atoms with Gasteiger partial charge in [-0.2, -0.15) is 18.3 Å². The predicted octanol–water partition coefficient (Wildman–Crippen LogP) is 5.44. The quantitative estimate of drug-likeness (QED) is 0.349. The summed E-state index contributed by atoms with van der Waals surface area (Å²) >= 11 is 0. The molecule has 1 aromatic heterocycles. The number of rotatable bonds is 8. The molecular weight excluding hydrogens is 475 g/mol. The number of aliphatic carboxylic acids is 1. The first-order valence-electron chi connectivity index (χ1n) is 10.9. The van der Waals surface area contributed by atoms with Crippen LogP contribution < -0.4 is 9.47 Å². The largest absolute Gasteiger partial charge is 0.482 e. The molecule has 0 amide bonds. The lowest BCUT2D eigenvalue weighted by molar-refractivity contribution is -0.139. The summed E-state index contributed by atoms with van der Waals surface area (Å²) in [6, 6.07) is 19.0. The third-order valence-corrected chi connectivity index (χ3v) is 5.36. The van der Waals surface area contributed by atoms with Crippen molar-refractivity contribution in [1.29, 1.82) is 0 Å². The minimum atomic E-state index is -4.43. The van der Waals surface area contributed by atoms with Gasteiger partial charge in [-0.05, 0) is 42.8 Å². The van der Waals surface area contributed by atoms with Gasteiger partial charge in [-0.1, -0.05) is 42.5 Å². The zero-order valence-electron chi connectivity index (χ0n) is 19.4. The van der Waals surface area contributed by atoms with E-state index in [0.29, 0.717) is 28.5 Å². The van der Waals surface area contributed by atoms with Crippen LogP contribution in [-0.4, -0.2) is 32.4 Å². The van der Waals surface area contributed by atoms with E-state index in [4.69, 9.17) is 14.6 Å². The number of benzene rings is 3. The van der Waals surface area contributed by atoms with Crippen molar-refractivity contribution < 1.29 is 32.5 Å². The van der Waals surface area contributed by atoms with Gasteiger partial charge in [0.15, 0.2) is 24.4 Å². The molecule has 3 aromatic carbocycles. The first-order valence-corrected chi connectivity index (χ1v) is 10.9. The molecule has 186 valence electrons. The van der Waals surface area contributed by atoms with Gasteiger partial charge in [0.05, 0.1) is 5.56 Å². The van der Waals surface area contributed by atoms with Gasteiger partial charge in [0, 0.05) is 18.2 Å². The lowest BCUT2D eigenvalue weighted by Gasteiger charge is -2.19. The molecule has 4 rings (SSSR count). The minimum Gasteiger partial charge on any atom is -0.482 e. The second-order valence-electron chi connectivity index (χ2n) is 8.01. The summed E-state index contributed by atoms with van der Waals surface area (Å²) in [7, 11) is 1.68. The first-order chi connectivity index (χ1) is 17.1. The third kappa shape index (κ3) is 5.65. The molecule has 36 heavy (non-hydrogen) atoms. The van der Waals surface area contributed by atoms with Crippen LogP contribution >= 0.6 is 0 Å². The normalized spacial score (nSPS) is 12.2. The monoisotopic (exact) mass is 497 g/mol. The zero-order chi connectivity index (χ0) is 25.9. The van der Waals surface area contributed by atoms with Gasteiger partial charge in [-0.3, -0.25) is 0 Å². The van der Waals surface area contributed by atoms with Crippen molar-refractivity contribution in [3.63, 3.8) is 0 Å². The standard InChI is InChI=1S/C26H22F3N3O4/c1-16-14-20(12-13-21(16)35-15-22(33)34)36-23(17-6-4-3-5-7-17)25-30-24(31-32(25)2)18-8-10-19(11-9-18)26(27,28)29/h3-14,23H,15H2,1-2H3,(H,33,34). The number of ether oxygens (including phenoxy) is 2. The molecule has 0 saturated carbocycles. The maximum absolute atomic E-state index is 12.9. The number of hydrogen-bond donors (Lipinski definition) is 1. The SMILES string of the molecule is Cc1cc(OC(c2ccccc2)c2nc(-c3ccc(C(F)(F)F)cc3)nn2C)ccc1OCC(=O)O. The summed E-state index contributed by atoms with van der Waals surface area (Å²) in [4.78, 5) is 15.4. The fourth-order valence-corrected chi connectivity index (χ4v) is 3.59. The number of alkyl halides is 3.